The summed E-state index contributed by atoms with van der Waals surface area (Å²) in [6.45, 7) is 4.14. The highest BCUT2D eigenvalue weighted by molar-refractivity contribution is 5.98. The highest BCUT2D eigenvalue weighted by atomic mass is 19.1. The number of benzene rings is 2. The zero-order chi connectivity index (χ0) is 27.9. The zero-order valence-corrected chi connectivity index (χ0v) is 21.4. The van der Waals surface area contributed by atoms with Gasteiger partial charge in [0, 0.05) is 25.1 Å². The fraction of sp³-hybridized carbons (Fsp3) is 0.286. The smallest absolute Gasteiger partial charge is 0.308 e. The van der Waals surface area contributed by atoms with E-state index in [1.807, 2.05) is 0 Å². The third-order valence-electron chi connectivity index (χ3n) is 5.78. The normalized spacial score (nSPS) is 13.3. The van der Waals surface area contributed by atoms with Crippen LogP contribution in [0.25, 0.3) is 0 Å². The van der Waals surface area contributed by atoms with E-state index in [1.165, 1.54) is 50.6 Å². The quantitative estimate of drug-likeness (QED) is 0.295. The molecule has 1 amide bonds. The number of carbonyl (C=O) groups is 3. The number of carbonyl (C=O) groups excluding carboxylic acids is 3. The second kappa shape index (κ2) is 12.4. The van der Waals surface area contributed by atoms with Crippen LogP contribution in [0.2, 0.25) is 0 Å². The van der Waals surface area contributed by atoms with E-state index in [0.29, 0.717) is 17.4 Å². The van der Waals surface area contributed by atoms with E-state index in [2.05, 4.69) is 10.3 Å². The lowest BCUT2D eigenvalue weighted by Gasteiger charge is -2.30. The fourth-order valence-corrected chi connectivity index (χ4v) is 3.89. The predicted octanol–water partition coefficient (Wildman–Crippen LogP) is 4.22. The van der Waals surface area contributed by atoms with Crippen LogP contribution in [-0.4, -0.2) is 48.5 Å². The minimum atomic E-state index is -1.50. The number of nitrogens with zero attached hydrogens (tertiary/aromatic N) is 1. The van der Waals surface area contributed by atoms with Crippen LogP contribution in [0.4, 0.5) is 8.78 Å². The molecule has 1 aromatic heterocycles. The Morgan fingerprint density at radius 1 is 1.03 bits per heavy atom. The number of rotatable bonds is 11. The number of esters is 1. The number of hydrogen-bond acceptors (Lipinski definition) is 7. The van der Waals surface area contributed by atoms with Crippen molar-refractivity contribution in [1.29, 1.82) is 0 Å². The summed E-state index contributed by atoms with van der Waals surface area (Å²) in [7, 11) is 1.34. The van der Waals surface area contributed by atoms with Gasteiger partial charge in [0.2, 0.25) is 5.75 Å². The fourth-order valence-electron chi connectivity index (χ4n) is 3.89. The number of amides is 1. The Kier molecular flexibility index (Phi) is 9.25. The third-order valence-corrected chi connectivity index (χ3v) is 5.78. The van der Waals surface area contributed by atoms with Gasteiger partial charge < -0.3 is 24.3 Å². The molecule has 0 aliphatic heterocycles. The molecule has 2 aromatic carbocycles. The summed E-state index contributed by atoms with van der Waals surface area (Å²) in [6, 6.07) is 13.1. The van der Waals surface area contributed by atoms with Gasteiger partial charge in [-0.15, -0.1) is 0 Å². The van der Waals surface area contributed by atoms with E-state index in [4.69, 9.17) is 14.2 Å². The topological polar surface area (TPSA) is 104 Å². The van der Waals surface area contributed by atoms with Gasteiger partial charge in [-0.05, 0) is 49.2 Å². The highest BCUT2D eigenvalue weighted by Gasteiger charge is 2.32. The monoisotopic (exact) mass is 526 g/mol. The highest BCUT2D eigenvalue weighted by Crippen LogP contribution is 2.32. The average molecular weight is 527 g/mol. The van der Waals surface area contributed by atoms with Crippen molar-refractivity contribution in [3.63, 3.8) is 0 Å². The minimum Gasteiger partial charge on any atom is -0.493 e. The molecule has 0 saturated carbocycles. The first-order valence-electron chi connectivity index (χ1n) is 11.7. The molecule has 3 aromatic rings. The number of pyridine rings is 1. The lowest BCUT2D eigenvalue weighted by atomic mass is 9.87. The molecule has 0 unspecified atom stereocenters. The van der Waals surface area contributed by atoms with Crippen molar-refractivity contribution in [3.05, 3.63) is 89.2 Å². The predicted molar refractivity (Wildman–Crippen MR) is 134 cm³/mol. The molecule has 1 heterocycles. The summed E-state index contributed by atoms with van der Waals surface area (Å²) < 4.78 is 43.4. The van der Waals surface area contributed by atoms with Crippen LogP contribution in [0.3, 0.4) is 0 Å². The van der Waals surface area contributed by atoms with Gasteiger partial charge >= 0.3 is 5.97 Å². The molecule has 2 atom stereocenters. The van der Waals surface area contributed by atoms with Crippen LogP contribution in [0.5, 0.6) is 11.5 Å². The summed E-state index contributed by atoms with van der Waals surface area (Å²) in [6.07, 6.45) is 1.25. The molecule has 1 N–H and O–H groups in total. The molecule has 0 bridgehead atoms. The SMILES string of the molecule is COc1ccnc(C(=O)N[C@](C)(C=O)CO[C@@H](C)C(c2ccc(F)cc2)c2ccc(F)cc2)c1OC(C)=O. The van der Waals surface area contributed by atoms with E-state index in [1.54, 1.807) is 31.2 Å². The molecule has 3 rings (SSSR count). The lowest BCUT2D eigenvalue weighted by Crippen LogP contribution is -2.52. The average Bonchev–Trinajstić information content (AvgIpc) is 2.89. The largest absolute Gasteiger partial charge is 0.493 e. The third kappa shape index (κ3) is 6.98. The van der Waals surface area contributed by atoms with Crippen molar-refractivity contribution < 1.29 is 37.4 Å². The molecule has 38 heavy (non-hydrogen) atoms. The molecule has 0 aliphatic carbocycles. The molecule has 10 heteroatoms. The molecule has 200 valence electrons. The van der Waals surface area contributed by atoms with Gasteiger partial charge in [-0.25, -0.2) is 13.8 Å². The second-order valence-electron chi connectivity index (χ2n) is 8.87. The van der Waals surface area contributed by atoms with E-state index < -0.39 is 41.1 Å². The van der Waals surface area contributed by atoms with Crippen molar-refractivity contribution in [1.82, 2.24) is 10.3 Å². The van der Waals surface area contributed by atoms with Gasteiger partial charge in [-0.3, -0.25) is 9.59 Å². The summed E-state index contributed by atoms with van der Waals surface area (Å²) in [5.74, 6) is -2.80. The van der Waals surface area contributed by atoms with Crippen LogP contribution < -0.4 is 14.8 Å². The number of halogens is 2. The summed E-state index contributed by atoms with van der Waals surface area (Å²) in [5.41, 5.74) is -0.321. The first-order valence-corrected chi connectivity index (χ1v) is 11.7. The van der Waals surface area contributed by atoms with Crippen LogP contribution in [0.15, 0.2) is 60.8 Å². The Labute approximate surface area is 218 Å². The Bertz CT molecular complexity index is 1240. The van der Waals surface area contributed by atoms with Gasteiger partial charge in [0.1, 0.15) is 23.5 Å². The van der Waals surface area contributed by atoms with Crippen molar-refractivity contribution in [2.24, 2.45) is 0 Å². The summed E-state index contributed by atoms with van der Waals surface area (Å²) in [5, 5.41) is 2.57. The Morgan fingerprint density at radius 2 is 1.58 bits per heavy atom. The molecule has 8 nitrogen and oxygen atoms in total. The number of nitrogens with one attached hydrogen (secondary N) is 1. The van der Waals surface area contributed by atoms with Crippen LogP contribution in [-0.2, 0) is 14.3 Å². The van der Waals surface area contributed by atoms with Crippen molar-refractivity contribution in [2.45, 2.75) is 38.3 Å². The molecule has 0 fully saturated rings. The first kappa shape index (κ1) is 28.4. The summed E-state index contributed by atoms with van der Waals surface area (Å²) >= 11 is 0. The number of hydrogen-bond donors (Lipinski definition) is 1. The van der Waals surface area contributed by atoms with Gasteiger partial charge in [0.15, 0.2) is 11.4 Å². The Balaban J connectivity index is 1.82. The van der Waals surface area contributed by atoms with E-state index >= 15 is 0 Å². The molecule has 0 saturated heterocycles. The maximum absolute atomic E-state index is 13.6. The standard InChI is InChI=1S/C28H28F2N2O6/c1-17(24(19-5-9-21(29)10-6-19)20-7-11-22(30)12-8-20)37-16-28(3,15-33)32-27(35)25-26(38-18(2)34)23(36-4)13-14-31-25/h5-15,17,24H,16H2,1-4H3,(H,32,35)/t17-,28+/m0/s1. The number of ether oxygens (including phenoxy) is 3. The summed E-state index contributed by atoms with van der Waals surface area (Å²) in [4.78, 5) is 40.7. The van der Waals surface area contributed by atoms with Gasteiger partial charge in [-0.1, -0.05) is 24.3 Å². The van der Waals surface area contributed by atoms with Crippen LogP contribution >= 0.6 is 0 Å². The first-order chi connectivity index (χ1) is 18.1. The lowest BCUT2D eigenvalue weighted by molar-refractivity contribution is -0.132. The Hall–Kier alpha value is -4.18. The van der Waals surface area contributed by atoms with Gasteiger partial charge in [0.25, 0.3) is 5.91 Å². The maximum atomic E-state index is 13.6. The minimum absolute atomic E-state index is 0.111. The van der Waals surface area contributed by atoms with E-state index in [9.17, 15) is 23.2 Å². The molecular weight excluding hydrogens is 498 g/mol. The number of aldehydes is 1. The number of methoxy groups -OCH3 is 1. The van der Waals surface area contributed by atoms with Crippen molar-refractivity contribution in [3.8, 4) is 11.5 Å². The van der Waals surface area contributed by atoms with Crippen LogP contribution in [0.1, 0.15) is 48.3 Å². The maximum Gasteiger partial charge on any atom is 0.308 e. The van der Waals surface area contributed by atoms with E-state index in [-0.39, 0.29) is 23.8 Å². The molecule has 0 aliphatic rings. The Morgan fingerprint density at radius 3 is 2.05 bits per heavy atom. The van der Waals surface area contributed by atoms with Crippen molar-refractivity contribution >= 4 is 18.2 Å². The van der Waals surface area contributed by atoms with Gasteiger partial charge in [0.05, 0.1) is 19.8 Å². The zero-order valence-electron chi connectivity index (χ0n) is 21.4. The van der Waals surface area contributed by atoms with Crippen molar-refractivity contribution in [2.75, 3.05) is 13.7 Å². The van der Waals surface area contributed by atoms with E-state index in [0.717, 1.165) is 6.92 Å². The molecular formula is C28H28F2N2O6. The number of aromatic nitrogens is 1. The second-order valence-corrected chi connectivity index (χ2v) is 8.87. The molecule has 0 spiro atoms. The molecule has 0 radical (unpaired) electrons. The van der Waals surface area contributed by atoms with Gasteiger partial charge in [-0.2, -0.15) is 0 Å². The van der Waals surface area contributed by atoms with Crippen LogP contribution in [0, 0.1) is 11.6 Å².